The summed E-state index contributed by atoms with van der Waals surface area (Å²) in [6.07, 6.45) is 2.32. The van der Waals surface area contributed by atoms with Gasteiger partial charge in [0.1, 0.15) is 0 Å². The van der Waals surface area contributed by atoms with Crippen molar-refractivity contribution >= 4 is 17.7 Å². The van der Waals surface area contributed by atoms with Crippen LogP contribution in [0.2, 0.25) is 0 Å². The molecule has 1 N–H and O–H groups in total. The number of Topliss-reactive ketones (excluding diaryl/α,β-unsaturated/α-hetero) is 1. The van der Waals surface area contributed by atoms with Gasteiger partial charge in [0.25, 0.3) is 0 Å². The normalized spacial score (nSPS) is 21.2. The zero-order valence-corrected chi connectivity index (χ0v) is 12.3. The van der Waals surface area contributed by atoms with Gasteiger partial charge in [0.05, 0.1) is 12.7 Å². The first-order valence-corrected chi connectivity index (χ1v) is 7.34. The first kappa shape index (κ1) is 14.5. The Bertz CT molecular complexity index is 672. The van der Waals surface area contributed by atoms with E-state index in [4.69, 9.17) is 0 Å². The molecule has 3 rings (SSSR count). The molecule has 114 valence electrons. The molecule has 1 amide bonds. The first-order chi connectivity index (χ1) is 10.6. The molecule has 0 fully saturated rings. The molecule has 2 aliphatic rings. The molecule has 0 spiro atoms. The Kier molecular flexibility index (Phi) is 3.79. The summed E-state index contributed by atoms with van der Waals surface area (Å²) in [5.74, 6) is -0.566. The second-order valence-corrected chi connectivity index (χ2v) is 5.59. The van der Waals surface area contributed by atoms with Gasteiger partial charge in [0.2, 0.25) is 5.91 Å². The lowest BCUT2D eigenvalue weighted by molar-refractivity contribution is -0.122. The van der Waals surface area contributed by atoms with Gasteiger partial charge in [-0.1, -0.05) is 12.1 Å². The number of benzene rings is 1. The van der Waals surface area contributed by atoms with Gasteiger partial charge < -0.3 is 10.1 Å². The van der Waals surface area contributed by atoms with E-state index in [2.05, 4.69) is 10.1 Å². The van der Waals surface area contributed by atoms with Gasteiger partial charge in [-0.3, -0.25) is 9.59 Å². The summed E-state index contributed by atoms with van der Waals surface area (Å²) in [7, 11) is 1.33. The number of ether oxygens (including phenoxy) is 1. The molecular formula is C17H17NO4. The number of hydrogen-bond acceptors (Lipinski definition) is 4. The fraction of sp³-hybridized carbons (Fsp3) is 0.353. The lowest BCUT2D eigenvalue weighted by Crippen LogP contribution is -2.36. The highest BCUT2D eigenvalue weighted by atomic mass is 16.5. The molecule has 5 nitrogen and oxygen atoms in total. The van der Waals surface area contributed by atoms with E-state index in [1.54, 1.807) is 24.3 Å². The van der Waals surface area contributed by atoms with Gasteiger partial charge in [-0.2, -0.15) is 0 Å². The maximum absolute atomic E-state index is 12.3. The Hall–Kier alpha value is -2.43. The Morgan fingerprint density at radius 1 is 1.18 bits per heavy atom. The quantitative estimate of drug-likeness (QED) is 0.849. The Balaban J connectivity index is 1.97. The molecule has 0 bridgehead atoms. The summed E-state index contributed by atoms with van der Waals surface area (Å²) in [6.45, 7) is 0. The van der Waals surface area contributed by atoms with Crippen LogP contribution in [0.3, 0.4) is 0 Å². The van der Waals surface area contributed by atoms with Gasteiger partial charge in [-0.05, 0) is 30.5 Å². The van der Waals surface area contributed by atoms with Crippen molar-refractivity contribution in [1.29, 1.82) is 0 Å². The Labute approximate surface area is 128 Å². The average Bonchev–Trinajstić information content (AvgIpc) is 2.53. The van der Waals surface area contributed by atoms with Crippen molar-refractivity contribution in [2.45, 2.75) is 31.6 Å². The van der Waals surface area contributed by atoms with E-state index < -0.39 is 5.97 Å². The molecule has 22 heavy (non-hydrogen) atoms. The second kappa shape index (κ2) is 5.75. The number of ketones is 1. The summed E-state index contributed by atoms with van der Waals surface area (Å²) >= 11 is 0. The van der Waals surface area contributed by atoms with Crippen molar-refractivity contribution in [1.82, 2.24) is 5.32 Å². The van der Waals surface area contributed by atoms with Crippen LogP contribution in [0.25, 0.3) is 0 Å². The molecule has 1 heterocycles. The molecule has 1 aliphatic heterocycles. The monoisotopic (exact) mass is 299 g/mol. The van der Waals surface area contributed by atoms with E-state index in [1.165, 1.54) is 7.11 Å². The summed E-state index contributed by atoms with van der Waals surface area (Å²) in [6, 6.07) is 6.92. The molecule has 1 aliphatic carbocycles. The molecular weight excluding hydrogens is 282 g/mol. The minimum atomic E-state index is -0.401. The van der Waals surface area contributed by atoms with Crippen molar-refractivity contribution in [2.75, 3.05) is 7.11 Å². The highest BCUT2D eigenvalue weighted by Crippen LogP contribution is 2.37. The van der Waals surface area contributed by atoms with Crippen LogP contribution in [0.1, 0.15) is 47.5 Å². The maximum Gasteiger partial charge on any atom is 0.337 e. The van der Waals surface area contributed by atoms with E-state index in [0.717, 1.165) is 29.7 Å². The highest BCUT2D eigenvalue weighted by Gasteiger charge is 2.34. The van der Waals surface area contributed by atoms with Gasteiger partial charge in [0, 0.05) is 30.0 Å². The predicted molar refractivity (Wildman–Crippen MR) is 79.2 cm³/mol. The number of nitrogens with one attached hydrogen (secondary N) is 1. The molecule has 0 aromatic heterocycles. The third-order valence-electron chi connectivity index (χ3n) is 4.22. The number of carbonyl (C=O) groups excluding carboxylic acids is 3. The smallest absolute Gasteiger partial charge is 0.337 e. The van der Waals surface area contributed by atoms with Crippen molar-refractivity contribution in [3.63, 3.8) is 0 Å². The summed E-state index contributed by atoms with van der Waals surface area (Å²) < 4.78 is 4.68. The molecule has 5 heteroatoms. The number of rotatable bonds is 2. The van der Waals surface area contributed by atoms with Crippen LogP contribution < -0.4 is 5.32 Å². The largest absolute Gasteiger partial charge is 0.465 e. The maximum atomic E-state index is 12.3. The topological polar surface area (TPSA) is 72.5 Å². The average molecular weight is 299 g/mol. The molecule has 0 saturated heterocycles. The van der Waals surface area contributed by atoms with E-state index in [-0.39, 0.29) is 24.0 Å². The molecule has 1 aromatic rings. The van der Waals surface area contributed by atoms with E-state index >= 15 is 0 Å². The van der Waals surface area contributed by atoms with Crippen LogP contribution in [0.4, 0.5) is 0 Å². The summed E-state index contributed by atoms with van der Waals surface area (Å²) in [4.78, 5) is 35.6. The van der Waals surface area contributed by atoms with Crippen LogP contribution in [0.15, 0.2) is 35.5 Å². The number of hydrogen-bond donors (Lipinski definition) is 1. The van der Waals surface area contributed by atoms with Crippen LogP contribution >= 0.6 is 0 Å². The number of carbonyl (C=O) groups is 3. The van der Waals surface area contributed by atoms with Crippen molar-refractivity contribution in [2.24, 2.45) is 0 Å². The summed E-state index contributed by atoms with van der Waals surface area (Å²) in [5.41, 5.74) is 2.84. The number of allylic oxidation sites excluding steroid dienone is 2. The Morgan fingerprint density at radius 2 is 1.91 bits per heavy atom. The van der Waals surface area contributed by atoms with Gasteiger partial charge in [-0.25, -0.2) is 4.79 Å². The van der Waals surface area contributed by atoms with Gasteiger partial charge >= 0.3 is 5.97 Å². The predicted octanol–water partition coefficient (Wildman–Crippen LogP) is 2.08. The van der Waals surface area contributed by atoms with Gasteiger partial charge in [-0.15, -0.1) is 0 Å². The number of methoxy groups -OCH3 is 1. The third-order valence-corrected chi connectivity index (χ3v) is 4.22. The fourth-order valence-corrected chi connectivity index (χ4v) is 3.16. The molecule has 0 radical (unpaired) electrons. The zero-order valence-electron chi connectivity index (χ0n) is 12.3. The first-order valence-electron chi connectivity index (χ1n) is 7.34. The van der Waals surface area contributed by atoms with Crippen molar-refractivity contribution in [3.8, 4) is 0 Å². The van der Waals surface area contributed by atoms with Crippen LogP contribution in [0, 0.1) is 0 Å². The number of amides is 1. The Morgan fingerprint density at radius 3 is 2.59 bits per heavy atom. The van der Waals surface area contributed by atoms with Crippen molar-refractivity contribution < 1.29 is 19.1 Å². The molecule has 0 unspecified atom stereocenters. The fourth-order valence-electron chi connectivity index (χ4n) is 3.16. The standard InChI is InChI=1S/C17H17NO4/c1-22-17(21)11-7-5-10(6-8-11)12-9-15(20)18-13-3-2-4-14(19)16(12)13/h5-8,12H,2-4,9H2,1H3,(H,18,20)/t12-/m0/s1. The summed E-state index contributed by atoms with van der Waals surface area (Å²) in [5, 5.41) is 2.83. The lowest BCUT2D eigenvalue weighted by Gasteiger charge is -2.31. The molecule has 1 aromatic carbocycles. The lowest BCUT2D eigenvalue weighted by atomic mass is 9.78. The second-order valence-electron chi connectivity index (χ2n) is 5.59. The van der Waals surface area contributed by atoms with E-state index in [9.17, 15) is 14.4 Å². The minimum absolute atomic E-state index is 0.0597. The highest BCUT2D eigenvalue weighted by molar-refractivity contribution is 6.01. The zero-order chi connectivity index (χ0) is 15.7. The van der Waals surface area contributed by atoms with Crippen LogP contribution in [-0.2, 0) is 14.3 Å². The van der Waals surface area contributed by atoms with Crippen LogP contribution in [-0.4, -0.2) is 24.8 Å². The molecule has 0 saturated carbocycles. The van der Waals surface area contributed by atoms with E-state index in [0.29, 0.717) is 12.0 Å². The van der Waals surface area contributed by atoms with Gasteiger partial charge in [0.15, 0.2) is 5.78 Å². The van der Waals surface area contributed by atoms with Crippen LogP contribution in [0.5, 0.6) is 0 Å². The molecule has 1 atom stereocenters. The number of esters is 1. The minimum Gasteiger partial charge on any atom is -0.465 e. The third kappa shape index (κ3) is 2.54. The van der Waals surface area contributed by atoms with E-state index in [1.807, 2.05) is 0 Å². The SMILES string of the molecule is COC(=O)c1ccc([C@@H]2CC(=O)NC3=C2C(=O)CCC3)cc1. The van der Waals surface area contributed by atoms with Crippen molar-refractivity contribution in [3.05, 3.63) is 46.7 Å².